The Morgan fingerprint density at radius 3 is 2.58 bits per heavy atom. The molecule has 0 bridgehead atoms. The van der Waals surface area contributed by atoms with Gasteiger partial charge in [-0.1, -0.05) is 6.92 Å². The molecule has 4 nitrogen and oxygen atoms in total. The molecule has 0 saturated carbocycles. The van der Waals surface area contributed by atoms with Crippen LogP contribution in [0.1, 0.15) is 19.8 Å². The molecule has 0 aromatic carbocycles. The van der Waals surface area contributed by atoms with Gasteiger partial charge in [0.15, 0.2) is 0 Å². The second-order valence-corrected chi connectivity index (χ2v) is 2.15. The molecule has 66 valence electrons. The van der Waals surface area contributed by atoms with E-state index in [1.807, 2.05) is 0 Å². The lowest BCUT2D eigenvalue weighted by Gasteiger charge is -2.10. The number of esters is 1. The summed E-state index contributed by atoms with van der Waals surface area (Å²) in [6.07, 6.45) is 5.24. The topological polar surface area (TPSA) is 63.6 Å². The van der Waals surface area contributed by atoms with Crippen LogP contribution in [0, 0.1) is 12.3 Å². The van der Waals surface area contributed by atoms with Gasteiger partial charge in [0.2, 0.25) is 0 Å². The van der Waals surface area contributed by atoms with Crippen LogP contribution in [0.25, 0.3) is 0 Å². The lowest BCUT2D eigenvalue weighted by atomic mass is 10.2. The summed E-state index contributed by atoms with van der Waals surface area (Å²) in [5.74, 6) is -0.552. The number of carboxylic acid groups (broad SMARTS) is 1. The normalized spacial score (nSPS) is 11.3. The van der Waals surface area contributed by atoms with Crippen LogP contribution in [-0.2, 0) is 14.3 Å². The Hall–Kier alpha value is -1.50. The molecule has 0 radical (unpaired) electrons. The Balaban J connectivity index is 3.95. The first kappa shape index (κ1) is 10.5. The minimum atomic E-state index is -1.59. The summed E-state index contributed by atoms with van der Waals surface area (Å²) in [7, 11) is 0. The number of hydrogen-bond donors (Lipinski definition) is 1. The quantitative estimate of drug-likeness (QED) is 0.378. The number of carbonyl (C=O) groups is 2. The highest BCUT2D eigenvalue weighted by Gasteiger charge is 2.17. The second-order valence-electron chi connectivity index (χ2n) is 2.15. The molecule has 0 fully saturated rings. The summed E-state index contributed by atoms with van der Waals surface area (Å²) in [4.78, 5) is 20.5. The van der Waals surface area contributed by atoms with Gasteiger partial charge in [0.1, 0.15) is 6.10 Å². The third-order valence-corrected chi connectivity index (χ3v) is 1.25. The fourth-order valence-electron chi connectivity index (χ4n) is 0.603. The van der Waals surface area contributed by atoms with E-state index in [-0.39, 0.29) is 6.42 Å². The van der Waals surface area contributed by atoms with E-state index >= 15 is 0 Å². The molecule has 0 aliphatic heterocycles. The average molecular weight is 170 g/mol. The number of ether oxygens (including phenoxy) is 1. The maximum absolute atomic E-state index is 10.5. The van der Waals surface area contributed by atoms with E-state index in [1.54, 1.807) is 6.92 Å². The van der Waals surface area contributed by atoms with Crippen LogP contribution < -0.4 is 0 Å². The molecule has 0 amide bonds. The number of carbonyl (C=O) groups excluding carboxylic acids is 1. The van der Waals surface area contributed by atoms with Gasteiger partial charge in [-0.05, 0) is 6.42 Å². The Morgan fingerprint density at radius 1 is 1.67 bits per heavy atom. The van der Waals surface area contributed by atoms with Crippen molar-refractivity contribution in [2.24, 2.45) is 0 Å². The molecule has 12 heavy (non-hydrogen) atoms. The van der Waals surface area contributed by atoms with Crippen LogP contribution >= 0.6 is 0 Å². The van der Waals surface area contributed by atoms with E-state index in [2.05, 4.69) is 10.7 Å². The minimum Gasteiger partial charge on any atom is -0.473 e. The fraction of sp³-hybridized carbons (Fsp3) is 0.500. The number of hydrogen-bond acceptors (Lipinski definition) is 3. The fourth-order valence-corrected chi connectivity index (χ4v) is 0.603. The lowest BCUT2D eigenvalue weighted by molar-refractivity contribution is -0.167. The van der Waals surface area contributed by atoms with Gasteiger partial charge < -0.3 is 9.84 Å². The molecule has 0 saturated heterocycles. The van der Waals surface area contributed by atoms with Crippen molar-refractivity contribution >= 4 is 11.9 Å². The van der Waals surface area contributed by atoms with E-state index < -0.39 is 18.0 Å². The highest BCUT2D eigenvalue weighted by atomic mass is 16.6. The van der Waals surface area contributed by atoms with Crippen molar-refractivity contribution in [2.45, 2.75) is 25.9 Å². The molecule has 1 atom stereocenters. The van der Waals surface area contributed by atoms with Crippen LogP contribution in [-0.4, -0.2) is 23.1 Å². The molecule has 0 aliphatic rings. The van der Waals surface area contributed by atoms with Gasteiger partial charge in [-0.15, -0.1) is 12.3 Å². The SMILES string of the molecule is C#CCC(CC)OC(=O)C(=O)O. The third-order valence-electron chi connectivity index (χ3n) is 1.25. The molecule has 0 aromatic rings. The van der Waals surface area contributed by atoms with Crippen molar-refractivity contribution in [3.8, 4) is 12.3 Å². The van der Waals surface area contributed by atoms with Crippen molar-refractivity contribution in [1.82, 2.24) is 0 Å². The van der Waals surface area contributed by atoms with E-state index in [4.69, 9.17) is 11.5 Å². The van der Waals surface area contributed by atoms with Gasteiger partial charge in [0.25, 0.3) is 0 Å². The second kappa shape index (κ2) is 5.19. The largest absolute Gasteiger partial charge is 0.473 e. The summed E-state index contributed by atoms with van der Waals surface area (Å²) >= 11 is 0. The number of rotatable bonds is 3. The molecular weight excluding hydrogens is 160 g/mol. The summed E-state index contributed by atoms with van der Waals surface area (Å²) in [6, 6.07) is 0. The first-order chi connectivity index (χ1) is 5.61. The van der Waals surface area contributed by atoms with Crippen LogP contribution in [0.2, 0.25) is 0 Å². The van der Waals surface area contributed by atoms with Gasteiger partial charge in [-0.25, -0.2) is 9.59 Å². The zero-order chi connectivity index (χ0) is 9.56. The van der Waals surface area contributed by atoms with E-state index in [0.29, 0.717) is 6.42 Å². The molecule has 0 aromatic heterocycles. The lowest BCUT2D eigenvalue weighted by Crippen LogP contribution is -2.23. The van der Waals surface area contributed by atoms with Crippen LogP contribution in [0.5, 0.6) is 0 Å². The molecule has 0 spiro atoms. The smallest absolute Gasteiger partial charge is 0.417 e. The Labute approximate surface area is 70.5 Å². The average Bonchev–Trinajstić information content (AvgIpc) is 2.03. The van der Waals surface area contributed by atoms with Gasteiger partial charge in [0, 0.05) is 6.42 Å². The molecule has 1 N–H and O–H groups in total. The summed E-state index contributed by atoms with van der Waals surface area (Å²) in [6.45, 7) is 1.76. The monoisotopic (exact) mass is 170 g/mol. The maximum Gasteiger partial charge on any atom is 0.417 e. The van der Waals surface area contributed by atoms with Crippen molar-refractivity contribution in [1.29, 1.82) is 0 Å². The van der Waals surface area contributed by atoms with Crippen molar-refractivity contribution < 1.29 is 19.4 Å². The van der Waals surface area contributed by atoms with E-state index in [1.165, 1.54) is 0 Å². The Bertz CT molecular complexity index is 214. The zero-order valence-corrected chi connectivity index (χ0v) is 6.74. The zero-order valence-electron chi connectivity index (χ0n) is 6.74. The summed E-state index contributed by atoms with van der Waals surface area (Å²) in [5.41, 5.74) is 0. The number of carboxylic acids is 1. The van der Waals surface area contributed by atoms with Crippen LogP contribution in [0.15, 0.2) is 0 Å². The number of terminal acetylenes is 1. The van der Waals surface area contributed by atoms with E-state index in [0.717, 1.165) is 0 Å². The van der Waals surface area contributed by atoms with Crippen LogP contribution in [0.4, 0.5) is 0 Å². The third kappa shape index (κ3) is 3.62. The first-order valence-corrected chi connectivity index (χ1v) is 3.49. The summed E-state index contributed by atoms with van der Waals surface area (Å²) < 4.78 is 4.52. The highest BCUT2D eigenvalue weighted by Crippen LogP contribution is 2.02. The summed E-state index contributed by atoms with van der Waals surface area (Å²) in [5, 5.41) is 8.17. The van der Waals surface area contributed by atoms with E-state index in [9.17, 15) is 9.59 Å². The molecule has 0 rings (SSSR count). The molecule has 0 heterocycles. The predicted octanol–water partition coefficient (Wildman–Crippen LogP) is 0.416. The maximum atomic E-state index is 10.5. The molecule has 0 aliphatic carbocycles. The number of aliphatic carboxylic acids is 1. The Morgan fingerprint density at radius 2 is 2.25 bits per heavy atom. The first-order valence-electron chi connectivity index (χ1n) is 3.49. The van der Waals surface area contributed by atoms with Gasteiger partial charge in [0.05, 0.1) is 0 Å². The van der Waals surface area contributed by atoms with Crippen LogP contribution in [0.3, 0.4) is 0 Å². The van der Waals surface area contributed by atoms with Crippen molar-refractivity contribution in [3.63, 3.8) is 0 Å². The molecule has 4 heteroatoms. The van der Waals surface area contributed by atoms with Gasteiger partial charge in [-0.2, -0.15) is 0 Å². The van der Waals surface area contributed by atoms with Crippen molar-refractivity contribution in [3.05, 3.63) is 0 Å². The Kier molecular flexibility index (Phi) is 4.54. The standard InChI is InChI=1S/C8H10O4/c1-3-5-6(4-2)12-8(11)7(9)10/h1,6H,4-5H2,2H3,(H,9,10). The molecule has 1 unspecified atom stereocenters. The molecular formula is C8H10O4. The predicted molar refractivity (Wildman–Crippen MR) is 41.3 cm³/mol. The van der Waals surface area contributed by atoms with Gasteiger partial charge in [-0.3, -0.25) is 0 Å². The van der Waals surface area contributed by atoms with Gasteiger partial charge >= 0.3 is 11.9 Å². The minimum absolute atomic E-state index is 0.246. The highest BCUT2D eigenvalue weighted by molar-refractivity contribution is 6.28. The van der Waals surface area contributed by atoms with Crippen molar-refractivity contribution in [2.75, 3.05) is 0 Å².